The first kappa shape index (κ1) is 15.1. The van der Waals surface area contributed by atoms with E-state index >= 15 is 0 Å². The van der Waals surface area contributed by atoms with Crippen LogP contribution in [0.4, 0.5) is 0 Å². The number of hydrogen-bond acceptors (Lipinski definition) is 4. The Kier molecular flexibility index (Phi) is 5.43. The van der Waals surface area contributed by atoms with Gasteiger partial charge < -0.3 is 16.4 Å². The number of hydrogen-bond donors (Lipinski definition) is 3. The molecule has 0 fully saturated rings. The lowest BCUT2D eigenvalue weighted by Crippen LogP contribution is -2.42. The van der Waals surface area contributed by atoms with Crippen LogP contribution in [0.3, 0.4) is 0 Å². The predicted octanol–water partition coefficient (Wildman–Crippen LogP) is -0.999. The zero-order valence-electron chi connectivity index (χ0n) is 10.9. The minimum Gasteiger partial charge on any atom is -0.392 e. The second kappa shape index (κ2) is 6.83. The minimum atomic E-state index is -0.755. The molecule has 0 bridgehead atoms. The lowest BCUT2D eigenvalue weighted by Gasteiger charge is -2.05. The Bertz CT molecular complexity index is 497. The third-order valence-electron chi connectivity index (χ3n) is 2.40. The van der Waals surface area contributed by atoms with Crippen molar-refractivity contribution in [3.05, 3.63) is 17.5 Å². The maximum Gasteiger partial charge on any atom is 0.309 e. The van der Waals surface area contributed by atoms with Gasteiger partial charge >= 0.3 is 11.8 Å². The van der Waals surface area contributed by atoms with Crippen LogP contribution in [0.15, 0.2) is 6.20 Å². The molecule has 0 spiro atoms. The number of thiocarbonyl (C=S) groups is 1. The second-order valence-electron chi connectivity index (χ2n) is 3.96. The number of aryl methyl sites for hydroxylation is 2. The number of carbonyl (C=O) groups excluding carboxylic acids is 2. The van der Waals surface area contributed by atoms with Crippen molar-refractivity contribution in [3.8, 4) is 0 Å². The smallest absolute Gasteiger partial charge is 0.309 e. The highest BCUT2D eigenvalue weighted by Gasteiger charge is 2.14. The summed E-state index contributed by atoms with van der Waals surface area (Å²) >= 11 is 4.60. The molecule has 0 atom stereocenters. The van der Waals surface area contributed by atoms with Crippen LogP contribution < -0.4 is 16.4 Å². The van der Waals surface area contributed by atoms with Crippen LogP contribution in [-0.4, -0.2) is 33.1 Å². The summed E-state index contributed by atoms with van der Waals surface area (Å²) in [5, 5.41) is 9.08. The number of nitrogens with zero attached hydrogens (tertiary/aromatic N) is 2. The molecule has 1 heterocycles. The molecule has 0 unspecified atom stereocenters. The van der Waals surface area contributed by atoms with Gasteiger partial charge in [-0.3, -0.25) is 14.3 Å². The quantitative estimate of drug-likeness (QED) is 0.475. The first-order valence-corrected chi connectivity index (χ1v) is 6.20. The van der Waals surface area contributed by atoms with Gasteiger partial charge in [0.05, 0.1) is 17.2 Å². The largest absolute Gasteiger partial charge is 0.392 e. The summed E-state index contributed by atoms with van der Waals surface area (Å²) < 4.78 is 1.67. The highest BCUT2D eigenvalue weighted by Crippen LogP contribution is 2.06. The van der Waals surface area contributed by atoms with Gasteiger partial charge in [-0.15, -0.1) is 0 Å². The van der Waals surface area contributed by atoms with E-state index in [4.69, 9.17) is 5.73 Å². The van der Waals surface area contributed by atoms with E-state index in [1.807, 2.05) is 13.1 Å². The first-order chi connectivity index (χ1) is 8.93. The molecule has 1 rings (SSSR count). The molecule has 0 radical (unpaired) electrons. The van der Waals surface area contributed by atoms with E-state index in [1.54, 1.807) is 11.7 Å². The fraction of sp³-hybridized carbons (Fsp3) is 0.455. The topological polar surface area (TPSA) is 102 Å². The number of carbonyl (C=O) groups is 2. The van der Waals surface area contributed by atoms with E-state index < -0.39 is 11.8 Å². The zero-order valence-corrected chi connectivity index (χ0v) is 11.7. The molecule has 0 saturated carbocycles. The van der Waals surface area contributed by atoms with Gasteiger partial charge in [0.2, 0.25) is 0 Å². The SMILES string of the molecule is CCc1nn(C)cc1CNC(=O)C(=O)NCC(N)=S. The molecule has 1 aromatic rings. The summed E-state index contributed by atoms with van der Waals surface area (Å²) in [6.07, 6.45) is 2.58. The van der Waals surface area contributed by atoms with Gasteiger partial charge in [0.1, 0.15) is 0 Å². The molecule has 0 saturated heterocycles. The van der Waals surface area contributed by atoms with E-state index in [0.29, 0.717) is 0 Å². The van der Waals surface area contributed by atoms with Crippen LogP contribution in [-0.2, 0) is 29.6 Å². The third kappa shape index (κ3) is 4.66. The van der Waals surface area contributed by atoms with Gasteiger partial charge in [-0.1, -0.05) is 19.1 Å². The maximum atomic E-state index is 11.5. The van der Waals surface area contributed by atoms with Gasteiger partial charge in [-0.05, 0) is 6.42 Å². The van der Waals surface area contributed by atoms with Crippen molar-refractivity contribution in [3.63, 3.8) is 0 Å². The lowest BCUT2D eigenvalue weighted by atomic mass is 10.2. The number of rotatable bonds is 5. The van der Waals surface area contributed by atoms with Crippen molar-refractivity contribution >= 4 is 29.0 Å². The van der Waals surface area contributed by atoms with Crippen LogP contribution in [0.25, 0.3) is 0 Å². The van der Waals surface area contributed by atoms with Crippen molar-refractivity contribution < 1.29 is 9.59 Å². The van der Waals surface area contributed by atoms with E-state index in [0.717, 1.165) is 17.7 Å². The maximum absolute atomic E-state index is 11.5. The average Bonchev–Trinajstić information content (AvgIpc) is 2.73. The fourth-order valence-corrected chi connectivity index (χ4v) is 1.60. The van der Waals surface area contributed by atoms with Gasteiger partial charge in [-0.2, -0.15) is 5.10 Å². The van der Waals surface area contributed by atoms with Crippen molar-refractivity contribution in [2.24, 2.45) is 12.8 Å². The molecular weight excluding hydrogens is 266 g/mol. The van der Waals surface area contributed by atoms with Crippen LogP contribution >= 0.6 is 12.2 Å². The molecule has 2 amide bonds. The molecule has 104 valence electrons. The van der Waals surface area contributed by atoms with Crippen LogP contribution in [0.5, 0.6) is 0 Å². The van der Waals surface area contributed by atoms with Crippen molar-refractivity contribution in [2.75, 3.05) is 6.54 Å². The first-order valence-electron chi connectivity index (χ1n) is 5.79. The Morgan fingerprint density at radius 1 is 1.42 bits per heavy atom. The molecular formula is C11H17N5O2S. The Morgan fingerprint density at radius 3 is 2.63 bits per heavy atom. The van der Waals surface area contributed by atoms with Crippen LogP contribution in [0, 0.1) is 0 Å². The number of nitrogens with two attached hydrogens (primary N) is 1. The summed E-state index contributed by atoms with van der Waals surface area (Å²) in [5.74, 6) is -1.48. The Hall–Kier alpha value is -1.96. The average molecular weight is 283 g/mol. The normalized spacial score (nSPS) is 10.0. The molecule has 0 aliphatic rings. The summed E-state index contributed by atoms with van der Waals surface area (Å²) in [6, 6.07) is 0. The van der Waals surface area contributed by atoms with Crippen LogP contribution in [0.1, 0.15) is 18.2 Å². The van der Waals surface area contributed by atoms with E-state index in [1.165, 1.54) is 0 Å². The van der Waals surface area contributed by atoms with Crippen molar-refractivity contribution in [2.45, 2.75) is 19.9 Å². The van der Waals surface area contributed by atoms with Gasteiger partial charge in [-0.25, -0.2) is 0 Å². The molecule has 1 aromatic heterocycles. The Morgan fingerprint density at radius 2 is 2.05 bits per heavy atom. The fourth-order valence-electron chi connectivity index (χ4n) is 1.53. The molecule has 7 nitrogen and oxygen atoms in total. The molecule has 0 aliphatic heterocycles. The molecule has 19 heavy (non-hydrogen) atoms. The van der Waals surface area contributed by atoms with E-state index in [9.17, 15) is 9.59 Å². The summed E-state index contributed by atoms with van der Waals surface area (Å²) in [6.45, 7) is 2.24. The molecule has 0 aromatic carbocycles. The number of amides is 2. The molecule has 4 N–H and O–H groups in total. The van der Waals surface area contributed by atoms with Gasteiger partial charge in [0.15, 0.2) is 0 Å². The van der Waals surface area contributed by atoms with Crippen molar-refractivity contribution in [1.82, 2.24) is 20.4 Å². The van der Waals surface area contributed by atoms with Gasteiger partial charge in [0.25, 0.3) is 0 Å². The minimum absolute atomic E-state index is 0.00862. The Labute approximate surface area is 116 Å². The highest BCUT2D eigenvalue weighted by molar-refractivity contribution is 7.80. The van der Waals surface area contributed by atoms with E-state index in [2.05, 4.69) is 28.0 Å². The van der Waals surface area contributed by atoms with Crippen molar-refractivity contribution in [1.29, 1.82) is 0 Å². The predicted molar refractivity (Wildman–Crippen MR) is 74.2 cm³/mol. The summed E-state index contributed by atoms with van der Waals surface area (Å²) in [5.41, 5.74) is 7.00. The zero-order chi connectivity index (χ0) is 14.4. The standard InChI is InChI=1S/C11H17N5O2S/c1-3-8-7(6-16(2)15-8)4-13-10(17)11(18)14-5-9(12)19/h6H,3-5H2,1-2H3,(H2,12,19)(H,13,17)(H,14,18). The molecule has 8 heteroatoms. The van der Waals surface area contributed by atoms with E-state index in [-0.39, 0.29) is 18.1 Å². The lowest BCUT2D eigenvalue weighted by molar-refractivity contribution is -0.139. The highest BCUT2D eigenvalue weighted by atomic mass is 32.1. The summed E-state index contributed by atoms with van der Waals surface area (Å²) in [7, 11) is 1.80. The molecule has 0 aliphatic carbocycles. The van der Waals surface area contributed by atoms with Gasteiger partial charge in [0, 0.05) is 25.4 Å². The number of nitrogens with one attached hydrogen (secondary N) is 2. The summed E-state index contributed by atoms with van der Waals surface area (Å²) in [4.78, 5) is 23.0. The third-order valence-corrected chi connectivity index (χ3v) is 2.54. The Balaban J connectivity index is 2.49. The second-order valence-corrected chi connectivity index (χ2v) is 4.48. The van der Waals surface area contributed by atoms with Crippen LogP contribution in [0.2, 0.25) is 0 Å². The monoisotopic (exact) mass is 283 g/mol. The number of aromatic nitrogens is 2.